The molecule has 0 saturated heterocycles. The van der Waals surface area contributed by atoms with Crippen LogP contribution in [0.15, 0.2) is 36.0 Å². The van der Waals surface area contributed by atoms with Gasteiger partial charge in [-0.15, -0.1) is 0 Å². The van der Waals surface area contributed by atoms with E-state index in [1.165, 1.54) is 6.08 Å². The predicted octanol–water partition coefficient (Wildman–Crippen LogP) is 2.93. The maximum absolute atomic E-state index is 10.7. The zero-order valence-corrected chi connectivity index (χ0v) is 8.21. The molecule has 0 aliphatic rings. The summed E-state index contributed by atoms with van der Waals surface area (Å²) in [4.78, 5) is 10.7. The molecule has 0 aliphatic heterocycles. The van der Waals surface area contributed by atoms with Gasteiger partial charge in [0.2, 0.25) is 0 Å². The van der Waals surface area contributed by atoms with Gasteiger partial charge in [-0.3, -0.25) is 0 Å². The van der Waals surface area contributed by atoms with Gasteiger partial charge in [-0.2, -0.15) is 0 Å². The number of hydrogen-bond acceptors (Lipinski definition) is 1. The Morgan fingerprint density at radius 2 is 2.08 bits per heavy atom. The van der Waals surface area contributed by atoms with E-state index < -0.39 is 5.97 Å². The summed E-state index contributed by atoms with van der Waals surface area (Å²) in [7, 11) is 0. The largest absolute Gasteiger partial charge is 0.478 e. The quantitative estimate of drug-likeness (QED) is 0.521. The van der Waals surface area contributed by atoms with Crippen molar-refractivity contribution >= 4 is 5.97 Å². The van der Waals surface area contributed by atoms with Crippen molar-refractivity contribution in [3.63, 3.8) is 0 Å². The topological polar surface area (TPSA) is 37.3 Å². The van der Waals surface area contributed by atoms with Crippen LogP contribution < -0.4 is 0 Å². The van der Waals surface area contributed by atoms with Gasteiger partial charge in [-0.05, 0) is 18.4 Å². The summed E-state index contributed by atoms with van der Waals surface area (Å²) < 4.78 is 0. The molecule has 0 aromatic heterocycles. The van der Waals surface area contributed by atoms with Crippen LogP contribution in [0, 0.1) is 0 Å². The van der Waals surface area contributed by atoms with Gasteiger partial charge in [0.25, 0.3) is 0 Å². The molecule has 72 valence electrons. The van der Waals surface area contributed by atoms with Crippen LogP contribution in [0.1, 0.15) is 26.7 Å². The van der Waals surface area contributed by atoms with Crippen LogP contribution in [0.4, 0.5) is 0 Å². The summed E-state index contributed by atoms with van der Waals surface area (Å²) in [5.74, 6) is -0.910. The smallest absolute Gasteiger partial charge is 0.335 e. The maximum atomic E-state index is 10.7. The lowest BCUT2D eigenvalue weighted by molar-refractivity contribution is -0.132. The highest BCUT2D eigenvalue weighted by molar-refractivity contribution is 5.91. The van der Waals surface area contributed by atoms with Crippen molar-refractivity contribution in [1.82, 2.24) is 0 Å². The van der Waals surface area contributed by atoms with E-state index >= 15 is 0 Å². The van der Waals surface area contributed by atoms with Crippen LogP contribution in [0.25, 0.3) is 0 Å². The average Bonchev–Trinajstić information content (AvgIpc) is 2.11. The van der Waals surface area contributed by atoms with Crippen LogP contribution in [-0.2, 0) is 4.79 Å². The zero-order valence-electron chi connectivity index (χ0n) is 8.21. The van der Waals surface area contributed by atoms with E-state index in [-0.39, 0.29) is 0 Å². The Morgan fingerprint density at radius 1 is 1.46 bits per heavy atom. The molecule has 0 aromatic rings. The summed E-state index contributed by atoms with van der Waals surface area (Å²) in [6.45, 7) is 7.43. The van der Waals surface area contributed by atoms with Crippen LogP contribution in [-0.4, -0.2) is 11.1 Å². The van der Waals surface area contributed by atoms with Crippen molar-refractivity contribution in [2.45, 2.75) is 26.7 Å². The second-order valence-corrected chi connectivity index (χ2v) is 2.61. The van der Waals surface area contributed by atoms with E-state index in [0.29, 0.717) is 12.0 Å². The number of allylic oxidation sites excluding steroid dienone is 3. The lowest BCUT2D eigenvalue weighted by Crippen LogP contribution is -2.00. The first-order chi connectivity index (χ1) is 6.17. The minimum absolute atomic E-state index is 0.298. The molecule has 2 heteroatoms. The summed E-state index contributed by atoms with van der Waals surface area (Å²) in [6, 6.07) is 0. The van der Waals surface area contributed by atoms with Crippen LogP contribution in [0.2, 0.25) is 0 Å². The monoisotopic (exact) mass is 180 g/mol. The molecule has 0 radical (unpaired) electrons. The molecule has 0 fully saturated rings. The number of carboxylic acid groups (broad SMARTS) is 1. The average molecular weight is 180 g/mol. The first-order valence-corrected chi connectivity index (χ1v) is 4.42. The molecule has 13 heavy (non-hydrogen) atoms. The zero-order chi connectivity index (χ0) is 10.3. The molecule has 0 heterocycles. The molecule has 0 atom stereocenters. The van der Waals surface area contributed by atoms with Crippen molar-refractivity contribution < 1.29 is 9.90 Å². The molecular weight excluding hydrogens is 164 g/mol. The Bertz CT molecular complexity index is 247. The minimum atomic E-state index is -0.910. The van der Waals surface area contributed by atoms with Gasteiger partial charge < -0.3 is 5.11 Å². The third kappa shape index (κ3) is 3.74. The molecule has 0 saturated carbocycles. The molecule has 0 amide bonds. The second-order valence-electron chi connectivity index (χ2n) is 2.61. The van der Waals surface area contributed by atoms with Gasteiger partial charge >= 0.3 is 5.97 Å². The van der Waals surface area contributed by atoms with Gasteiger partial charge in [0, 0.05) is 0 Å². The molecule has 0 bridgehead atoms. The van der Waals surface area contributed by atoms with Crippen LogP contribution in [0.5, 0.6) is 0 Å². The highest BCUT2D eigenvalue weighted by Gasteiger charge is 2.06. The lowest BCUT2D eigenvalue weighted by Gasteiger charge is -2.01. The predicted molar refractivity (Wildman–Crippen MR) is 54.6 cm³/mol. The normalized spacial score (nSPS) is 12.8. The van der Waals surface area contributed by atoms with E-state index in [1.54, 1.807) is 0 Å². The summed E-state index contributed by atoms with van der Waals surface area (Å²) >= 11 is 0. The molecule has 1 N–H and O–H groups in total. The lowest BCUT2D eigenvalue weighted by atomic mass is 10.1. The first-order valence-electron chi connectivity index (χ1n) is 4.42. The summed E-state index contributed by atoms with van der Waals surface area (Å²) in [5.41, 5.74) is 1.12. The molecule has 0 rings (SSSR count). The van der Waals surface area contributed by atoms with Crippen molar-refractivity contribution in [1.29, 1.82) is 0 Å². The van der Waals surface area contributed by atoms with Crippen LogP contribution >= 0.6 is 0 Å². The van der Waals surface area contributed by atoms with Crippen molar-refractivity contribution in [3.8, 4) is 0 Å². The third-order valence-electron chi connectivity index (χ3n) is 1.72. The first kappa shape index (κ1) is 11.7. The highest BCUT2D eigenvalue weighted by Crippen LogP contribution is 2.12. The molecule has 2 nitrogen and oxygen atoms in total. The van der Waals surface area contributed by atoms with Gasteiger partial charge in [0.1, 0.15) is 0 Å². The van der Waals surface area contributed by atoms with Gasteiger partial charge in [0.05, 0.1) is 5.57 Å². The fraction of sp³-hybridized carbons (Fsp3) is 0.364. The Morgan fingerprint density at radius 3 is 2.38 bits per heavy atom. The number of carboxylic acids is 1. The van der Waals surface area contributed by atoms with E-state index in [4.69, 9.17) is 5.11 Å². The van der Waals surface area contributed by atoms with Crippen LogP contribution in [0.3, 0.4) is 0 Å². The van der Waals surface area contributed by atoms with Gasteiger partial charge in [-0.25, -0.2) is 4.79 Å². The standard InChI is InChI=1S/C11H16O2/c1-4-7-8-9(5-2)10(6-3)11(12)13/h6-8H,3-5H2,1-2H3,(H,12,13)/b8-7+,10-9+. The fourth-order valence-corrected chi connectivity index (χ4v) is 1.01. The Labute approximate surface area is 79.3 Å². The van der Waals surface area contributed by atoms with Crippen molar-refractivity contribution in [2.24, 2.45) is 0 Å². The third-order valence-corrected chi connectivity index (χ3v) is 1.72. The van der Waals surface area contributed by atoms with E-state index in [2.05, 4.69) is 6.58 Å². The molecule has 0 spiro atoms. The second kappa shape index (κ2) is 6.23. The molecule has 0 aromatic carbocycles. The SMILES string of the molecule is C=C/C(C(=O)O)=C(\C=C\CC)CC. The van der Waals surface area contributed by atoms with E-state index in [0.717, 1.165) is 12.0 Å². The summed E-state index contributed by atoms with van der Waals surface area (Å²) in [5, 5.41) is 8.81. The van der Waals surface area contributed by atoms with E-state index in [1.807, 2.05) is 26.0 Å². The Hall–Kier alpha value is -1.31. The van der Waals surface area contributed by atoms with Gasteiger partial charge in [-0.1, -0.05) is 38.7 Å². The summed E-state index contributed by atoms with van der Waals surface area (Å²) in [6.07, 6.45) is 6.81. The molecule has 0 aliphatic carbocycles. The van der Waals surface area contributed by atoms with Crippen molar-refractivity contribution in [2.75, 3.05) is 0 Å². The number of hydrogen-bond donors (Lipinski definition) is 1. The fourth-order valence-electron chi connectivity index (χ4n) is 1.01. The maximum Gasteiger partial charge on any atom is 0.335 e. The highest BCUT2D eigenvalue weighted by atomic mass is 16.4. The van der Waals surface area contributed by atoms with Gasteiger partial charge in [0.15, 0.2) is 0 Å². The number of carbonyl (C=O) groups is 1. The Kier molecular flexibility index (Phi) is 5.60. The number of aliphatic carboxylic acids is 1. The van der Waals surface area contributed by atoms with E-state index in [9.17, 15) is 4.79 Å². The molecule has 0 unspecified atom stereocenters. The minimum Gasteiger partial charge on any atom is -0.478 e. The number of rotatable bonds is 5. The van der Waals surface area contributed by atoms with Crippen molar-refractivity contribution in [3.05, 3.63) is 36.0 Å². The molecular formula is C11H16O2. The Balaban J connectivity index is 4.93.